The zero-order chi connectivity index (χ0) is 13.2. The Hall–Kier alpha value is -1.84. The first-order valence-electron chi connectivity index (χ1n) is 5.30. The van der Waals surface area contributed by atoms with E-state index in [1.807, 2.05) is 20.8 Å². The van der Waals surface area contributed by atoms with Crippen LogP contribution in [0.1, 0.15) is 37.6 Å². The molecular weight excluding hydrogens is 220 g/mol. The largest absolute Gasteiger partial charge is 0.504 e. The maximum absolute atomic E-state index is 11.7. The normalized spacial score (nSPS) is 11.2. The SMILES string of the molecule is CC(C)(C)CC(=O)C(=O)c1ccc(O)c(O)c1. The van der Waals surface area contributed by atoms with E-state index in [-0.39, 0.29) is 23.1 Å². The lowest BCUT2D eigenvalue weighted by Gasteiger charge is -2.16. The standard InChI is InChI=1S/C13H16O4/c1-13(2,3)7-11(16)12(17)8-4-5-9(14)10(15)6-8/h4-6,14-15H,7H2,1-3H3. The number of hydrogen-bond acceptors (Lipinski definition) is 4. The molecule has 0 aliphatic rings. The van der Waals surface area contributed by atoms with Gasteiger partial charge in [-0.3, -0.25) is 9.59 Å². The smallest absolute Gasteiger partial charge is 0.228 e. The van der Waals surface area contributed by atoms with E-state index >= 15 is 0 Å². The summed E-state index contributed by atoms with van der Waals surface area (Å²) >= 11 is 0. The number of aromatic hydroxyl groups is 2. The molecule has 0 aromatic heterocycles. The van der Waals surface area contributed by atoms with Crippen LogP contribution >= 0.6 is 0 Å². The van der Waals surface area contributed by atoms with Gasteiger partial charge in [0.2, 0.25) is 11.6 Å². The molecule has 4 heteroatoms. The van der Waals surface area contributed by atoms with E-state index in [0.29, 0.717) is 0 Å². The zero-order valence-corrected chi connectivity index (χ0v) is 10.2. The average Bonchev–Trinajstić information content (AvgIpc) is 2.18. The van der Waals surface area contributed by atoms with Gasteiger partial charge in [-0.25, -0.2) is 0 Å². The van der Waals surface area contributed by atoms with Gasteiger partial charge in [0.15, 0.2) is 11.5 Å². The second-order valence-corrected chi connectivity index (χ2v) is 5.19. The molecule has 0 fully saturated rings. The van der Waals surface area contributed by atoms with Gasteiger partial charge in [-0.1, -0.05) is 20.8 Å². The van der Waals surface area contributed by atoms with Crippen molar-refractivity contribution in [3.05, 3.63) is 23.8 Å². The summed E-state index contributed by atoms with van der Waals surface area (Å²) in [6.07, 6.45) is 0.146. The van der Waals surface area contributed by atoms with Crippen LogP contribution in [0, 0.1) is 5.41 Å². The van der Waals surface area contributed by atoms with Crippen LogP contribution in [0.5, 0.6) is 11.5 Å². The van der Waals surface area contributed by atoms with Gasteiger partial charge in [-0.05, 0) is 23.6 Å². The van der Waals surface area contributed by atoms with Crippen LogP contribution < -0.4 is 0 Å². The fourth-order valence-electron chi connectivity index (χ4n) is 1.39. The molecule has 4 nitrogen and oxygen atoms in total. The van der Waals surface area contributed by atoms with Gasteiger partial charge in [0.1, 0.15) is 0 Å². The molecule has 1 aromatic rings. The van der Waals surface area contributed by atoms with Crippen LogP contribution in [0.4, 0.5) is 0 Å². The molecule has 0 radical (unpaired) electrons. The number of hydrogen-bond donors (Lipinski definition) is 2. The molecule has 1 rings (SSSR count). The maximum atomic E-state index is 11.7. The quantitative estimate of drug-likeness (QED) is 0.479. The number of ketones is 2. The molecule has 0 aliphatic heterocycles. The lowest BCUT2D eigenvalue weighted by molar-refractivity contribution is -0.116. The first kappa shape index (κ1) is 13.2. The van der Waals surface area contributed by atoms with Crippen molar-refractivity contribution in [1.82, 2.24) is 0 Å². The molecule has 17 heavy (non-hydrogen) atoms. The summed E-state index contributed by atoms with van der Waals surface area (Å²) in [5.74, 6) is -1.86. The predicted molar refractivity (Wildman–Crippen MR) is 63.2 cm³/mol. The first-order valence-corrected chi connectivity index (χ1v) is 5.30. The molecule has 0 saturated carbocycles. The van der Waals surface area contributed by atoms with E-state index in [4.69, 9.17) is 5.11 Å². The number of carbonyl (C=O) groups is 2. The number of phenols is 2. The Morgan fingerprint density at radius 3 is 2.18 bits per heavy atom. The van der Waals surface area contributed by atoms with E-state index in [0.717, 1.165) is 6.07 Å². The van der Waals surface area contributed by atoms with Gasteiger partial charge in [-0.2, -0.15) is 0 Å². The Labute approximate surface area is 99.9 Å². The first-order chi connectivity index (χ1) is 7.70. The molecule has 92 valence electrons. The van der Waals surface area contributed by atoms with Crippen LogP contribution in [0.25, 0.3) is 0 Å². The Morgan fingerprint density at radius 2 is 1.71 bits per heavy atom. The molecule has 0 atom stereocenters. The number of carbonyl (C=O) groups excluding carboxylic acids is 2. The second kappa shape index (κ2) is 4.57. The van der Waals surface area contributed by atoms with Crippen molar-refractivity contribution >= 4 is 11.6 Å². The summed E-state index contributed by atoms with van der Waals surface area (Å²) in [6.45, 7) is 5.60. The van der Waals surface area contributed by atoms with E-state index in [1.165, 1.54) is 12.1 Å². The lowest BCUT2D eigenvalue weighted by Crippen LogP contribution is -2.20. The summed E-state index contributed by atoms with van der Waals surface area (Å²) in [5, 5.41) is 18.4. The molecule has 0 unspecified atom stereocenters. The molecule has 0 saturated heterocycles. The van der Waals surface area contributed by atoms with Crippen molar-refractivity contribution in [2.75, 3.05) is 0 Å². The highest BCUT2D eigenvalue weighted by Gasteiger charge is 2.23. The zero-order valence-electron chi connectivity index (χ0n) is 10.2. The molecule has 0 heterocycles. The maximum Gasteiger partial charge on any atom is 0.228 e. The minimum atomic E-state index is -0.643. The molecular formula is C13H16O4. The van der Waals surface area contributed by atoms with Gasteiger partial charge >= 0.3 is 0 Å². The van der Waals surface area contributed by atoms with Crippen molar-refractivity contribution in [3.8, 4) is 11.5 Å². The molecule has 0 aliphatic carbocycles. The molecule has 0 spiro atoms. The van der Waals surface area contributed by atoms with Crippen molar-refractivity contribution in [3.63, 3.8) is 0 Å². The fourth-order valence-corrected chi connectivity index (χ4v) is 1.39. The Bertz CT molecular complexity index is 455. The van der Waals surface area contributed by atoms with Crippen molar-refractivity contribution in [1.29, 1.82) is 0 Å². The van der Waals surface area contributed by atoms with Crippen molar-refractivity contribution < 1.29 is 19.8 Å². The van der Waals surface area contributed by atoms with E-state index < -0.39 is 17.3 Å². The lowest BCUT2D eigenvalue weighted by atomic mass is 9.87. The summed E-state index contributed by atoms with van der Waals surface area (Å²) in [7, 11) is 0. The Morgan fingerprint density at radius 1 is 1.12 bits per heavy atom. The van der Waals surface area contributed by atoms with Crippen LogP contribution in [-0.4, -0.2) is 21.8 Å². The third-order valence-electron chi connectivity index (χ3n) is 2.18. The minimum Gasteiger partial charge on any atom is -0.504 e. The summed E-state index contributed by atoms with van der Waals surface area (Å²) in [6, 6.07) is 3.60. The van der Waals surface area contributed by atoms with Crippen LogP contribution in [0.2, 0.25) is 0 Å². The summed E-state index contributed by atoms with van der Waals surface area (Å²) in [5.41, 5.74) is -0.166. The topological polar surface area (TPSA) is 74.6 Å². The van der Waals surface area contributed by atoms with Crippen LogP contribution in [0.3, 0.4) is 0 Å². The number of benzene rings is 1. The Kier molecular flexibility index (Phi) is 3.56. The third-order valence-corrected chi connectivity index (χ3v) is 2.18. The molecule has 1 aromatic carbocycles. The average molecular weight is 236 g/mol. The fraction of sp³-hybridized carbons (Fsp3) is 0.385. The number of phenolic OH excluding ortho intramolecular Hbond substituents is 2. The highest BCUT2D eigenvalue weighted by Crippen LogP contribution is 2.26. The van der Waals surface area contributed by atoms with Gasteiger partial charge in [0.05, 0.1) is 0 Å². The van der Waals surface area contributed by atoms with Gasteiger partial charge < -0.3 is 10.2 Å². The monoisotopic (exact) mass is 236 g/mol. The third kappa shape index (κ3) is 3.59. The number of Topliss-reactive ketones (excluding diaryl/α,β-unsaturated/α-hetero) is 2. The van der Waals surface area contributed by atoms with Crippen molar-refractivity contribution in [2.24, 2.45) is 5.41 Å². The van der Waals surface area contributed by atoms with Gasteiger partial charge in [0.25, 0.3) is 0 Å². The van der Waals surface area contributed by atoms with Gasteiger partial charge in [-0.15, -0.1) is 0 Å². The van der Waals surface area contributed by atoms with Gasteiger partial charge in [0, 0.05) is 12.0 Å². The molecule has 0 bridgehead atoms. The Balaban J connectivity index is 2.90. The summed E-state index contributed by atoms with van der Waals surface area (Å²) in [4.78, 5) is 23.4. The second-order valence-electron chi connectivity index (χ2n) is 5.19. The number of rotatable bonds is 3. The minimum absolute atomic E-state index is 0.0922. The highest BCUT2D eigenvalue weighted by molar-refractivity contribution is 6.43. The van der Waals surface area contributed by atoms with E-state index in [9.17, 15) is 14.7 Å². The van der Waals surface area contributed by atoms with Crippen LogP contribution in [0.15, 0.2) is 18.2 Å². The van der Waals surface area contributed by atoms with Crippen molar-refractivity contribution in [2.45, 2.75) is 27.2 Å². The molecule has 2 N–H and O–H groups in total. The predicted octanol–water partition coefficient (Wildman–Crippen LogP) is 2.29. The van der Waals surface area contributed by atoms with Crippen LogP contribution in [-0.2, 0) is 4.79 Å². The van der Waals surface area contributed by atoms with E-state index in [2.05, 4.69) is 0 Å². The summed E-state index contributed by atoms with van der Waals surface area (Å²) < 4.78 is 0. The molecule has 0 amide bonds. The van der Waals surface area contributed by atoms with E-state index in [1.54, 1.807) is 0 Å². The highest BCUT2D eigenvalue weighted by atomic mass is 16.3.